The van der Waals surface area contributed by atoms with Crippen molar-refractivity contribution < 1.29 is 13.5 Å². The quantitative estimate of drug-likeness (QED) is 0.310. The van der Waals surface area contributed by atoms with E-state index in [1.165, 1.54) is 0 Å². The van der Waals surface area contributed by atoms with Crippen LogP contribution in [0.2, 0.25) is 0 Å². The molecular weight excluding hydrogens is 317 g/mol. The Morgan fingerprint density at radius 1 is 0.800 bits per heavy atom. The van der Waals surface area contributed by atoms with E-state index in [1.807, 2.05) is 69.6 Å². The third-order valence-corrected chi connectivity index (χ3v) is 4.02. The second-order valence-corrected chi connectivity index (χ2v) is 6.04. The first kappa shape index (κ1) is 17.0. The molecule has 2 saturated heterocycles. The number of rotatable bonds is 4. The molecule has 0 aromatic carbocycles. The molecule has 0 aliphatic carbocycles. The monoisotopic (exact) mass is 336 g/mol. The molecule has 6 N–H and O–H groups in total. The van der Waals surface area contributed by atoms with Gasteiger partial charge in [-0.3, -0.25) is 8.96 Å². The molecule has 0 amide bonds. The van der Waals surface area contributed by atoms with Gasteiger partial charge in [0.15, 0.2) is 0 Å². The average Bonchev–Trinajstić information content (AvgIpc) is 3.24. The molecule has 4 heterocycles. The first-order chi connectivity index (χ1) is 12.2. The van der Waals surface area contributed by atoms with Crippen molar-refractivity contribution in [1.29, 1.82) is 0 Å². The summed E-state index contributed by atoms with van der Waals surface area (Å²) < 4.78 is 14.0. The van der Waals surface area contributed by atoms with E-state index in [0.717, 1.165) is 0 Å². The standard InChI is InChI=1S/C8H18B6N10O/c1-21-3-5-23(7-21)11-15-9-17-13(19-11)25-14-18-10-16-12(20-14)24-6-4-22(2)8-24/h3-8,15-20H,1-2H3/q+2. The van der Waals surface area contributed by atoms with Crippen LogP contribution in [0.1, 0.15) is 0 Å². The predicted molar refractivity (Wildman–Crippen MR) is 96.4 cm³/mol. The molecule has 0 unspecified atom stereocenters. The molecule has 17 heteroatoms. The van der Waals surface area contributed by atoms with Gasteiger partial charge in [0.25, 0.3) is 15.1 Å². The van der Waals surface area contributed by atoms with E-state index in [4.69, 9.17) is 4.57 Å². The van der Waals surface area contributed by atoms with E-state index >= 15 is 0 Å². The number of imidazole rings is 2. The summed E-state index contributed by atoms with van der Waals surface area (Å²) in [6.07, 6.45) is 11.9. The van der Waals surface area contributed by atoms with Crippen molar-refractivity contribution in [3.05, 3.63) is 37.4 Å². The highest BCUT2D eigenvalue weighted by atomic mass is 16.4. The van der Waals surface area contributed by atoms with Crippen molar-refractivity contribution in [3.63, 3.8) is 0 Å². The summed E-state index contributed by atoms with van der Waals surface area (Å²) in [6, 6.07) is 0. The number of hydrogen-bond acceptors (Lipinski definition) is 7. The number of hydrogen-bond donors (Lipinski definition) is 6. The third kappa shape index (κ3) is 4.03. The van der Waals surface area contributed by atoms with Gasteiger partial charge in [0.1, 0.15) is 24.8 Å². The van der Waals surface area contributed by atoms with Crippen molar-refractivity contribution in [1.82, 2.24) is 40.0 Å². The van der Waals surface area contributed by atoms with Crippen LogP contribution in [0.15, 0.2) is 37.4 Å². The van der Waals surface area contributed by atoms with Crippen LogP contribution in [-0.4, -0.2) is 52.8 Å². The van der Waals surface area contributed by atoms with Crippen LogP contribution in [-0.2, 0) is 18.7 Å². The molecule has 0 spiro atoms. The molecule has 122 valence electrons. The fourth-order valence-corrected chi connectivity index (χ4v) is 2.77. The summed E-state index contributed by atoms with van der Waals surface area (Å²) in [4.78, 5) is 0. The second-order valence-electron chi connectivity index (χ2n) is 6.04. The Bertz CT molecular complexity index is 655. The highest BCUT2D eigenvalue weighted by Crippen LogP contribution is 1.88. The van der Waals surface area contributed by atoms with Crippen LogP contribution in [0, 0.1) is 0 Å². The van der Waals surface area contributed by atoms with E-state index in [0.29, 0.717) is 0 Å². The van der Waals surface area contributed by atoms with Crippen LogP contribution < -0.4 is 39.8 Å². The van der Waals surface area contributed by atoms with Gasteiger partial charge >= 0.3 is 28.6 Å². The largest absolute Gasteiger partial charge is 0.540 e. The molecule has 25 heavy (non-hydrogen) atoms. The van der Waals surface area contributed by atoms with E-state index in [9.17, 15) is 0 Å². The lowest BCUT2D eigenvalue weighted by Gasteiger charge is -2.29. The van der Waals surface area contributed by atoms with Crippen LogP contribution in [0.3, 0.4) is 0 Å². The van der Waals surface area contributed by atoms with Crippen molar-refractivity contribution in [2.24, 2.45) is 14.1 Å². The molecule has 2 aromatic heterocycles. The normalized spacial score (nSPS) is 18.3. The molecule has 2 aliphatic heterocycles. The van der Waals surface area contributed by atoms with Crippen molar-refractivity contribution in [2.45, 2.75) is 0 Å². The van der Waals surface area contributed by atoms with Crippen molar-refractivity contribution >= 4 is 43.7 Å². The lowest BCUT2D eigenvalue weighted by molar-refractivity contribution is -0.541. The number of aromatic nitrogens is 4. The first-order valence-electron chi connectivity index (χ1n) is 8.08. The summed E-state index contributed by atoms with van der Waals surface area (Å²) in [6.45, 7) is 0. The summed E-state index contributed by atoms with van der Waals surface area (Å²) in [5.74, 6) is 0. The molecule has 0 bridgehead atoms. The number of aryl methyl sites for hydroxylation is 2. The minimum Gasteiger partial charge on any atom is -0.447 e. The second kappa shape index (κ2) is 7.41. The Kier molecular flexibility index (Phi) is 5.03. The third-order valence-electron chi connectivity index (χ3n) is 4.02. The molecular formula is C8H18B6N10O+2. The van der Waals surface area contributed by atoms with Gasteiger partial charge in [0, 0.05) is 0 Å². The molecule has 2 radical (unpaired) electrons. The molecule has 4 rings (SSSR count). The first-order valence-corrected chi connectivity index (χ1v) is 8.08. The average molecular weight is 335 g/mol. The van der Waals surface area contributed by atoms with Crippen LogP contribution >= 0.6 is 0 Å². The zero-order valence-electron chi connectivity index (χ0n) is 14.1. The van der Waals surface area contributed by atoms with E-state index in [2.05, 4.69) is 30.8 Å². The van der Waals surface area contributed by atoms with Crippen LogP contribution in [0.5, 0.6) is 0 Å². The maximum Gasteiger partial charge on any atom is 0.540 e. The van der Waals surface area contributed by atoms with Gasteiger partial charge in [-0.1, -0.05) is 0 Å². The SMILES string of the molecule is Cn1cc[n+](B2N[B]NB(OB3N[B]NB([n+]4ccn(C)c4)N3)N2)c1. The molecule has 2 aromatic rings. The van der Waals surface area contributed by atoms with Gasteiger partial charge in [0.2, 0.25) is 12.7 Å². The van der Waals surface area contributed by atoms with Gasteiger partial charge in [-0.2, -0.15) is 0 Å². The van der Waals surface area contributed by atoms with E-state index in [1.54, 1.807) is 15.1 Å². The lowest BCUT2D eigenvalue weighted by atomic mass is 9.67. The summed E-state index contributed by atoms with van der Waals surface area (Å²) in [5, 5.41) is 19.3. The van der Waals surface area contributed by atoms with Crippen LogP contribution in [0.25, 0.3) is 0 Å². The van der Waals surface area contributed by atoms with Crippen molar-refractivity contribution in [3.8, 4) is 0 Å². The Morgan fingerprint density at radius 2 is 1.28 bits per heavy atom. The maximum atomic E-state index is 6.02. The number of nitrogens with one attached hydrogen (secondary N) is 6. The summed E-state index contributed by atoms with van der Waals surface area (Å²) in [5.41, 5.74) is 0. The minimum absolute atomic E-state index is 0.0996. The van der Waals surface area contributed by atoms with E-state index in [-0.39, 0.29) is 28.6 Å². The fourth-order valence-electron chi connectivity index (χ4n) is 2.77. The predicted octanol–water partition coefficient (Wildman–Crippen LogP) is -6.08. The lowest BCUT2D eigenvalue weighted by Crippen LogP contribution is -2.84. The Hall–Kier alpha value is -1.47. The topological polar surface area (TPSA) is 99.0 Å². The Labute approximate surface area is 149 Å². The van der Waals surface area contributed by atoms with Gasteiger partial charge in [-0.25, -0.2) is 9.13 Å². The minimum atomic E-state index is -0.364. The molecule has 0 saturated carbocycles. The zero-order chi connectivity index (χ0) is 17.2. The zero-order valence-corrected chi connectivity index (χ0v) is 14.1. The smallest absolute Gasteiger partial charge is 0.447 e. The van der Waals surface area contributed by atoms with Gasteiger partial charge in [0.05, 0.1) is 14.1 Å². The van der Waals surface area contributed by atoms with Crippen LogP contribution in [0.4, 0.5) is 0 Å². The van der Waals surface area contributed by atoms with Gasteiger partial charge in [-0.15, -0.1) is 0 Å². The molecule has 2 aliphatic rings. The van der Waals surface area contributed by atoms with Gasteiger partial charge in [-0.05, 0) is 0 Å². The molecule has 11 nitrogen and oxygen atoms in total. The molecule has 0 atom stereocenters. The highest BCUT2D eigenvalue weighted by molar-refractivity contribution is 6.82. The summed E-state index contributed by atoms with van der Waals surface area (Å²) >= 11 is 0. The summed E-state index contributed by atoms with van der Waals surface area (Å²) in [7, 11) is 6.59. The fraction of sp³-hybridized carbons (Fsp3) is 0.250. The number of nitrogens with zero attached hydrogens (tertiary/aromatic N) is 4. The van der Waals surface area contributed by atoms with Crippen molar-refractivity contribution in [2.75, 3.05) is 0 Å². The Morgan fingerprint density at radius 3 is 1.68 bits per heavy atom. The van der Waals surface area contributed by atoms with E-state index < -0.39 is 0 Å². The molecule has 2 fully saturated rings. The highest BCUT2D eigenvalue weighted by Gasteiger charge is 2.42. The Balaban J connectivity index is 1.34. The maximum absolute atomic E-state index is 6.02. The van der Waals surface area contributed by atoms with Gasteiger partial charge < -0.3 is 35.4 Å².